The summed E-state index contributed by atoms with van der Waals surface area (Å²) in [5.41, 5.74) is 0. The highest BCUT2D eigenvalue weighted by atomic mass is 16.5. The van der Waals surface area contributed by atoms with Crippen LogP contribution in [-0.4, -0.2) is 23.8 Å². The Bertz CT molecular complexity index is 244. The molecule has 0 saturated heterocycles. The van der Waals surface area contributed by atoms with E-state index in [1.165, 1.54) is 0 Å². The predicted octanol–water partition coefficient (Wildman–Crippen LogP) is 1.23. The maximum Gasteiger partial charge on any atom is 0.407 e. The summed E-state index contributed by atoms with van der Waals surface area (Å²) in [5.74, 6) is 0. The summed E-state index contributed by atoms with van der Waals surface area (Å²) < 4.78 is 6.69. The fourth-order valence-corrected chi connectivity index (χ4v) is 0.988. The van der Waals surface area contributed by atoms with Gasteiger partial charge in [-0.3, -0.25) is 0 Å². The quantitative estimate of drug-likeness (QED) is 0.761. The molecule has 0 radical (unpaired) electrons. The van der Waals surface area contributed by atoms with Crippen LogP contribution in [0.1, 0.15) is 6.92 Å². The highest BCUT2D eigenvalue weighted by molar-refractivity contribution is 5.66. The zero-order valence-corrected chi connectivity index (χ0v) is 7.69. The van der Waals surface area contributed by atoms with Gasteiger partial charge in [0.15, 0.2) is 0 Å². The number of carbonyl (C=O) groups is 1. The fourth-order valence-electron chi connectivity index (χ4n) is 0.988. The van der Waals surface area contributed by atoms with Crippen molar-refractivity contribution in [3.05, 3.63) is 24.5 Å². The van der Waals surface area contributed by atoms with Gasteiger partial charge in [-0.1, -0.05) is 0 Å². The summed E-state index contributed by atoms with van der Waals surface area (Å²) in [5, 5.41) is 2.64. The van der Waals surface area contributed by atoms with E-state index >= 15 is 0 Å². The number of ether oxygens (including phenoxy) is 1. The predicted molar refractivity (Wildman–Crippen MR) is 49.5 cm³/mol. The molecule has 1 N–H and O–H groups in total. The Balaban J connectivity index is 2.11. The fraction of sp³-hybridized carbons (Fsp3) is 0.444. The second-order valence-corrected chi connectivity index (χ2v) is 2.57. The summed E-state index contributed by atoms with van der Waals surface area (Å²) >= 11 is 0. The van der Waals surface area contributed by atoms with Gasteiger partial charge in [-0.25, -0.2) is 4.79 Å². The van der Waals surface area contributed by atoms with Crippen LogP contribution in [0.2, 0.25) is 0 Å². The minimum absolute atomic E-state index is 0.352. The summed E-state index contributed by atoms with van der Waals surface area (Å²) in [6.45, 7) is 3.56. The van der Waals surface area contributed by atoms with E-state index in [1.807, 2.05) is 29.1 Å². The van der Waals surface area contributed by atoms with Crippen LogP contribution in [0.4, 0.5) is 4.79 Å². The average Bonchev–Trinajstić information content (AvgIpc) is 2.57. The molecular weight excluding hydrogens is 168 g/mol. The molecular formula is C9H14N2O2. The van der Waals surface area contributed by atoms with Crippen LogP contribution >= 0.6 is 0 Å². The molecule has 0 atom stereocenters. The molecule has 1 aromatic rings. The van der Waals surface area contributed by atoms with E-state index in [0.29, 0.717) is 13.2 Å². The zero-order chi connectivity index (χ0) is 9.52. The third-order valence-corrected chi connectivity index (χ3v) is 1.58. The van der Waals surface area contributed by atoms with Gasteiger partial charge < -0.3 is 14.6 Å². The second kappa shape index (κ2) is 5.24. The summed E-state index contributed by atoms with van der Waals surface area (Å²) in [4.78, 5) is 10.8. The van der Waals surface area contributed by atoms with Crippen molar-refractivity contribution < 1.29 is 9.53 Å². The lowest BCUT2D eigenvalue weighted by Crippen LogP contribution is -2.27. The lowest BCUT2D eigenvalue weighted by atomic mass is 10.6. The molecule has 72 valence electrons. The van der Waals surface area contributed by atoms with E-state index in [4.69, 9.17) is 4.74 Å². The minimum atomic E-state index is -0.352. The van der Waals surface area contributed by atoms with Gasteiger partial charge in [-0.2, -0.15) is 0 Å². The lowest BCUT2D eigenvalue weighted by Gasteiger charge is -2.05. The maximum absolute atomic E-state index is 10.8. The van der Waals surface area contributed by atoms with Gasteiger partial charge >= 0.3 is 6.09 Å². The molecule has 0 unspecified atom stereocenters. The van der Waals surface area contributed by atoms with E-state index in [2.05, 4.69) is 5.32 Å². The molecule has 4 heteroatoms. The van der Waals surface area contributed by atoms with Crippen LogP contribution in [-0.2, 0) is 11.3 Å². The summed E-state index contributed by atoms with van der Waals surface area (Å²) in [6, 6.07) is 3.90. The highest BCUT2D eigenvalue weighted by Gasteiger charge is 1.97. The number of hydrogen-bond donors (Lipinski definition) is 1. The number of nitrogens with zero attached hydrogens (tertiary/aromatic N) is 1. The van der Waals surface area contributed by atoms with Crippen LogP contribution in [0, 0.1) is 0 Å². The number of aromatic nitrogens is 1. The smallest absolute Gasteiger partial charge is 0.407 e. The summed E-state index contributed by atoms with van der Waals surface area (Å²) in [6.07, 6.45) is 3.55. The molecule has 0 aliphatic carbocycles. The first-order valence-electron chi connectivity index (χ1n) is 4.34. The van der Waals surface area contributed by atoms with Crippen molar-refractivity contribution in [2.75, 3.05) is 13.2 Å². The van der Waals surface area contributed by atoms with Gasteiger partial charge in [-0.15, -0.1) is 0 Å². The Kier molecular flexibility index (Phi) is 3.88. The number of carbonyl (C=O) groups excluding carboxylic acids is 1. The molecule has 1 amide bonds. The van der Waals surface area contributed by atoms with Crippen LogP contribution in [0.5, 0.6) is 0 Å². The first-order chi connectivity index (χ1) is 6.33. The zero-order valence-electron chi connectivity index (χ0n) is 7.69. The van der Waals surface area contributed by atoms with Gasteiger partial charge in [0.2, 0.25) is 0 Å². The molecule has 0 bridgehead atoms. The van der Waals surface area contributed by atoms with Gasteiger partial charge in [0.05, 0.1) is 6.61 Å². The Morgan fingerprint density at radius 1 is 1.46 bits per heavy atom. The number of rotatable bonds is 4. The maximum atomic E-state index is 10.8. The van der Waals surface area contributed by atoms with Gasteiger partial charge in [0, 0.05) is 25.5 Å². The van der Waals surface area contributed by atoms with Crippen LogP contribution in [0.25, 0.3) is 0 Å². The Labute approximate surface area is 77.5 Å². The number of alkyl carbamates (subject to hydrolysis) is 1. The molecule has 13 heavy (non-hydrogen) atoms. The third kappa shape index (κ3) is 3.64. The molecule has 0 fully saturated rings. The van der Waals surface area contributed by atoms with Crippen LogP contribution < -0.4 is 5.32 Å². The van der Waals surface area contributed by atoms with Crippen LogP contribution in [0.15, 0.2) is 24.5 Å². The number of nitrogens with one attached hydrogen (secondary N) is 1. The van der Waals surface area contributed by atoms with E-state index in [0.717, 1.165) is 6.54 Å². The second-order valence-electron chi connectivity index (χ2n) is 2.57. The molecule has 0 aliphatic rings. The lowest BCUT2D eigenvalue weighted by molar-refractivity contribution is 0.152. The van der Waals surface area contributed by atoms with Crippen molar-refractivity contribution in [3.8, 4) is 0 Å². The topological polar surface area (TPSA) is 43.3 Å². The minimum Gasteiger partial charge on any atom is -0.450 e. The SMILES string of the molecule is CCOC(=O)NCCn1cccc1. The third-order valence-electron chi connectivity index (χ3n) is 1.58. The Morgan fingerprint density at radius 2 is 2.15 bits per heavy atom. The highest BCUT2D eigenvalue weighted by Crippen LogP contribution is 1.88. The Morgan fingerprint density at radius 3 is 2.77 bits per heavy atom. The number of amides is 1. The van der Waals surface area contributed by atoms with E-state index < -0.39 is 0 Å². The van der Waals surface area contributed by atoms with E-state index in [-0.39, 0.29) is 6.09 Å². The monoisotopic (exact) mass is 182 g/mol. The molecule has 4 nitrogen and oxygen atoms in total. The molecule has 0 saturated carbocycles. The van der Waals surface area contributed by atoms with Gasteiger partial charge in [0.25, 0.3) is 0 Å². The molecule has 1 heterocycles. The largest absolute Gasteiger partial charge is 0.450 e. The van der Waals surface area contributed by atoms with Crippen molar-refractivity contribution >= 4 is 6.09 Å². The normalized spacial score (nSPS) is 9.62. The molecule has 1 rings (SSSR count). The van der Waals surface area contributed by atoms with Crippen molar-refractivity contribution in [2.24, 2.45) is 0 Å². The van der Waals surface area contributed by atoms with Crippen molar-refractivity contribution in [2.45, 2.75) is 13.5 Å². The first kappa shape index (κ1) is 9.64. The number of hydrogen-bond acceptors (Lipinski definition) is 2. The van der Waals surface area contributed by atoms with Gasteiger partial charge in [-0.05, 0) is 19.1 Å². The molecule has 0 aliphatic heterocycles. The van der Waals surface area contributed by atoms with Crippen molar-refractivity contribution in [1.82, 2.24) is 9.88 Å². The van der Waals surface area contributed by atoms with Crippen LogP contribution in [0.3, 0.4) is 0 Å². The Hall–Kier alpha value is -1.45. The van der Waals surface area contributed by atoms with E-state index in [9.17, 15) is 4.79 Å². The molecule has 1 aromatic heterocycles. The van der Waals surface area contributed by atoms with Crippen molar-refractivity contribution in [1.29, 1.82) is 0 Å². The molecule has 0 spiro atoms. The van der Waals surface area contributed by atoms with Gasteiger partial charge in [0.1, 0.15) is 0 Å². The van der Waals surface area contributed by atoms with E-state index in [1.54, 1.807) is 6.92 Å². The molecule has 0 aromatic carbocycles. The first-order valence-corrected chi connectivity index (χ1v) is 4.34. The summed E-state index contributed by atoms with van der Waals surface area (Å²) in [7, 11) is 0. The standard InChI is InChI=1S/C9H14N2O2/c1-2-13-9(12)10-5-8-11-6-3-4-7-11/h3-4,6-7H,2,5,8H2,1H3,(H,10,12). The average molecular weight is 182 g/mol. The van der Waals surface area contributed by atoms with Crippen molar-refractivity contribution in [3.63, 3.8) is 0 Å².